The van der Waals surface area contributed by atoms with Crippen LogP contribution in [0, 0.1) is 11.3 Å². The highest BCUT2D eigenvalue weighted by Crippen LogP contribution is 2.24. The summed E-state index contributed by atoms with van der Waals surface area (Å²) in [6, 6.07) is 14.4. The van der Waals surface area contributed by atoms with Gasteiger partial charge in [-0.25, -0.2) is 0 Å². The fraction of sp³-hybridized carbons (Fsp3) is 0.222. The first kappa shape index (κ1) is 17.8. The van der Waals surface area contributed by atoms with Crippen molar-refractivity contribution in [2.24, 2.45) is 0 Å². The molecule has 2 rings (SSSR count). The maximum absolute atomic E-state index is 12.1. The van der Waals surface area contributed by atoms with E-state index in [0.29, 0.717) is 16.3 Å². The molecule has 24 heavy (non-hydrogen) atoms. The van der Waals surface area contributed by atoms with Crippen LogP contribution in [0.2, 0.25) is 5.02 Å². The van der Waals surface area contributed by atoms with Crippen LogP contribution in [0.1, 0.15) is 24.1 Å². The quantitative estimate of drug-likeness (QED) is 0.841. The third-order valence-electron chi connectivity index (χ3n) is 3.55. The van der Waals surface area contributed by atoms with Crippen molar-refractivity contribution in [3.63, 3.8) is 0 Å². The Labute approximate surface area is 146 Å². The molecule has 0 saturated heterocycles. The third kappa shape index (κ3) is 4.48. The summed E-state index contributed by atoms with van der Waals surface area (Å²) in [6.07, 6.45) is 0. The number of hydrogen-bond donors (Lipinski definition) is 2. The van der Waals surface area contributed by atoms with Crippen molar-refractivity contribution < 1.29 is 9.53 Å². The highest BCUT2D eigenvalue weighted by molar-refractivity contribution is 6.32. The molecule has 0 aliphatic carbocycles. The van der Waals surface area contributed by atoms with Gasteiger partial charge in [0.15, 0.2) is 0 Å². The lowest BCUT2D eigenvalue weighted by Gasteiger charge is -2.17. The second kappa shape index (κ2) is 8.34. The number of para-hydroxylation sites is 1. The minimum Gasteiger partial charge on any atom is -0.496 e. The van der Waals surface area contributed by atoms with Crippen molar-refractivity contribution in [1.82, 2.24) is 5.32 Å². The fourth-order valence-corrected chi connectivity index (χ4v) is 2.49. The van der Waals surface area contributed by atoms with Crippen molar-refractivity contribution in [2.45, 2.75) is 13.0 Å². The van der Waals surface area contributed by atoms with Gasteiger partial charge in [-0.15, -0.1) is 0 Å². The van der Waals surface area contributed by atoms with Gasteiger partial charge in [0.25, 0.3) is 0 Å². The lowest BCUT2D eigenvalue weighted by molar-refractivity contribution is -0.115. The summed E-state index contributed by atoms with van der Waals surface area (Å²) in [5, 5.41) is 15.1. The normalized spacial score (nSPS) is 11.4. The summed E-state index contributed by atoms with van der Waals surface area (Å²) in [6.45, 7) is 2.10. The molecular weight excluding hydrogens is 326 g/mol. The number of amides is 1. The van der Waals surface area contributed by atoms with Crippen LogP contribution in [0.4, 0.5) is 5.69 Å². The number of anilines is 1. The summed E-state index contributed by atoms with van der Waals surface area (Å²) in [4.78, 5) is 12.1. The van der Waals surface area contributed by atoms with Gasteiger partial charge in [-0.1, -0.05) is 29.8 Å². The molecule has 0 aliphatic heterocycles. The largest absolute Gasteiger partial charge is 0.496 e. The molecule has 6 heteroatoms. The van der Waals surface area contributed by atoms with Crippen LogP contribution in [0.5, 0.6) is 5.75 Å². The average Bonchev–Trinajstić information content (AvgIpc) is 2.59. The van der Waals surface area contributed by atoms with Crippen molar-refractivity contribution >= 4 is 23.2 Å². The topological polar surface area (TPSA) is 74.2 Å². The lowest BCUT2D eigenvalue weighted by Crippen LogP contribution is -2.30. The lowest BCUT2D eigenvalue weighted by atomic mass is 10.1. The first-order chi connectivity index (χ1) is 11.5. The Morgan fingerprint density at radius 1 is 1.33 bits per heavy atom. The number of nitriles is 1. The van der Waals surface area contributed by atoms with E-state index in [0.717, 1.165) is 11.3 Å². The van der Waals surface area contributed by atoms with Crippen LogP contribution in [0.15, 0.2) is 42.5 Å². The van der Waals surface area contributed by atoms with Crippen molar-refractivity contribution in [3.05, 3.63) is 58.6 Å². The molecule has 5 nitrogen and oxygen atoms in total. The number of nitrogens with one attached hydrogen (secondary N) is 2. The van der Waals surface area contributed by atoms with Gasteiger partial charge in [0.1, 0.15) is 11.8 Å². The van der Waals surface area contributed by atoms with Crippen LogP contribution >= 0.6 is 11.6 Å². The molecule has 124 valence electrons. The molecule has 0 fully saturated rings. The maximum atomic E-state index is 12.1. The second-order valence-corrected chi connectivity index (χ2v) is 5.61. The van der Waals surface area contributed by atoms with E-state index < -0.39 is 0 Å². The number of carbonyl (C=O) groups is 1. The summed E-state index contributed by atoms with van der Waals surface area (Å²) in [5.74, 6) is 0.578. The van der Waals surface area contributed by atoms with Gasteiger partial charge in [0.2, 0.25) is 5.91 Å². The van der Waals surface area contributed by atoms with Gasteiger partial charge in [-0.3, -0.25) is 4.79 Å². The van der Waals surface area contributed by atoms with E-state index in [1.807, 2.05) is 37.3 Å². The average molecular weight is 344 g/mol. The fourth-order valence-electron chi connectivity index (χ4n) is 2.27. The molecular formula is C18H18ClN3O2. The highest BCUT2D eigenvalue weighted by Gasteiger charge is 2.12. The molecule has 0 unspecified atom stereocenters. The number of rotatable bonds is 6. The van der Waals surface area contributed by atoms with Gasteiger partial charge in [-0.05, 0) is 31.2 Å². The molecule has 0 saturated carbocycles. The Bertz CT molecular complexity index is 771. The maximum Gasteiger partial charge on any atom is 0.238 e. The molecule has 1 atom stereocenters. The Morgan fingerprint density at radius 2 is 2.08 bits per heavy atom. The zero-order valence-electron chi connectivity index (χ0n) is 13.5. The number of ether oxygens (including phenoxy) is 1. The van der Waals surface area contributed by atoms with E-state index in [-0.39, 0.29) is 18.5 Å². The molecule has 0 radical (unpaired) electrons. The molecule has 0 aromatic heterocycles. The van der Waals surface area contributed by atoms with E-state index in [4.69, 9.17) is 21.6 Å². The second-order valence-electron chi connectivity index (χ2n) is 5.20. The first-order valence-corrected chi connectivity index (χ1v) is 7.78. The van der Waals surface area contributed by atoms with E-state index in [1.165, 1.54) is 0 Å². The molecule has 0 aliphatic rings. The molecule has 2 aromatic rings. The number of hydrogen-bond acceptors (Lipinski definition) is 4. The van der Waals surface area contributed by atoms with Gasteiger partial charge in [0, 0.05) is 17.3 Å². The zero-order chi connectivity index (χ0) is 17.5. The third-order valence-corrected chi connectivity index (χ3v) is 3.86. The number of methoxy groups -OCH3 is 1. The van der Waals surface area contributed by atoms with Crippen LogP contribution in [0.25, 0.3) is 0 Å². The molecule has 2 aromatic carbocycles. The summed E-state index contributed by atoms with van der Waals surface area (Å²) < 4.78 is 5.32. The van der Waals surface area contributed by atoms with E-state index in [2.05, 4.69) is 10.6 Å². The van der Waals surface area contributed by atoms with E-state index >= 15 is 0 Å². The number of benzene rings is 2. The predicted octanol–water partition coefficient (Wildman–Crippen LogP) is 3.51. The van der Waals surface area contributed by atoms with Gasteiger partial charge >= 0.3 is 0 Å². The standard InChI is InChI=1S/C18H18ClN3O2/c1-12(15-5-3-4-6-17(15)24-2)21-11-18(23)22-14-8-7-13(10-20)16(19)9-14/h3-9,12,21H,11H2,1-2H3,(H,22,23)/t12-/m1/s1. The Morgan fingerprint density at radius 3 is 2.75 bits per heavy atom. The first-order valence-electron chi connectivity index (χ1n) is 7.41. The van der Waals surface area contributed by atoms with Crippen molar-refractivity contribution in [1.29, 1.82) is 5.26 Å². The van der Waals surface area contributed by atoms with Gasteiger partial charge in [-0.2, -0.15) is 5.26 Å². The summed E-state index contributed by atoms with van der Waals surface area (Å²) in [7, 11) is 1.62. The Kier molecular flexibility index (Phi) is 6.19. The van der Waals surface area contributed by atoms with Gasteiger partial charge in [0.05, 0.1) is 24.2 Å². The Hall–Kier alpha value is -2.55. The predicted molar refractivity (Wildman–Crippen MR) is 94.2 cm³/mol. The van der Waals surface area contributed by atoms with Crippen molar-refractivity contribution in [2.75, 3.05) is 19.0 Å². The molecule has 0 bridgehead atoms. The molecule has 2 N–H and O–H groups in total. The van der Waals surface area contributed by atoms with Crippen LogP contribution in [-0.4, -0.2) is 19.6 Å². The van der Waals surface area contributed by atoms with Crippen LogP contribution in [-0.2, 0) is 4.79 Å². The Balaban J connectivity index is 1.93. The number of carbonyl (C=O) groups excluding carboxylic acids is 1. The van der Waals surface area contributed by atoms with Crippen molar-refractivity contribution in [3.8, 4) is 11.8 Å². The minimum absolute atomic E-state index is 0.0450. The number of halogens is 1. The molecule has 0 spiro atoms. The van der Waals surface area contributed by atoms with Crippen LogP contribution < -0.4 is 15.4 Å². The number of nitrogens with zero attached hydrogens (tertiary/aromatic N) is 1. The zero-order valence-corrected chi connectivity index (χ0v) is 14.2. The van der Waals surface area contributed by atoms with Gasteiger partial charge < -0.3 is 15.4 Å². The summed E-state index contributed by atoms with van der Waals surface area (Å²) in [5.41, 5.74) is 1.91. The summed E-state index contributed by atoms with van der Waals surface area (Å²) >= 11 is 5.95. The molecule has 1 amide bonds. The highest BCUT2D eigenvalue weighted by atomic mass is 35.5. The monoisotopic (exact) mass is 343 g/mol. The van der Waals surface area contributed by atoms with E-state index in [1.54, 1.807) is 25.3 Å². The smallest absolute Gasteiger partial charge is 0.238 e. The SMILES string of the molecule is COc1ccccc1[C@@H](C)NCC(=O)Nc1ccc(C#N)c(Cl)c1. The minimum atomic E-state index is -0.197. The van der Waals surface area contributed by atoms with E-state index in [9.17, 15) is 4.79 Å². The van der Waals surface area contributed by atoms with Crippen LogP contribution in [0.3, 0.4) is 0 Å². The molecule has 0 heterocycles.